The molecule has 2 fully saturated rings. The molecule has 2 N–H and O–H groups in total. The third-order valence-corrected chi connectivity index (χ3v) is 4.14. The van der Waals surface area contributed by atoms with Gasteiger partial charge in [-0.3, -0.25) is 4.90 Å². The van der Waals surface area contributed by atoms with Gasteiger partial charge in [0.2, 0.25) is 0 Å². The minimum absolute atomic E-state index is 0.665. The quantitative estimate of drug-likeness (QED) is 0.835. The molecule has 0 amide bonds. The number of likely N-dealkylation sites (tertiary alicyclic amines) is 1. The van der Waals surface area contributed by atoms with Gasteiger partial charge in [0, 0.05) is 19.6 Å². The molecule has 1 heterocycles. The van der Waals surface area contributed by atoms with Gasteiger partial charge in [-0.1, -0.05) is 30.3 Å². The van der Waals surface area contributed by atoms with E-state index in [1.807, 2.05) is 0 Å². The highest BCUT2D eigenvalue weighted by molar-refractivity contribution is 5.16. The van der Waals surface area contributed by atoms with Gasteiger partial charge in [-0.25, -0.2) is 0 Å². The van der Waals surface area contributed by atoms with Crippen LogP contribution in [0, 0.1) is 11.3 Å². The van der Waals surface area contributed by atoms with E-state index in [0.717, 1.165) is 19.0 Å². The molecule has 16 heavy (non-hydrogen) atoms. The van der Waals surface area contributed by atoms with Crippen LogP contribution in [-0.4, -0.2) is 24.5 Å². The first-order chi connectivity index (χ1) is 7.80. The Morgan fingerprint density at radius 3 is 2.50 bits per heavy atom. The normalized spacial score (nSPS) is 24.1. The Hall–Kier alpha value is -0.860. The number of nitrogens with two attached hydrogens (primary N) is 1. The van der Waals surface area contributed by atoms with Crippen molar-refractivity contribution in [3.63, 3.8) is 0 Å². The molecule has 1 saturated heterocycles. The van der Waals surface area contributed by atoms with Gasteiger partial charge in [0.05, 0.1) is 0 Å². The minimum atomic E-state index is 0.665. The highest BCUT2D eigenvalue weighted by Crippen LogP contribution is 2.51. The Morgan fingerprint density at radius 1 is 1.19 bits per heavy atom. The molecule has 1 aliphatic carbocycles. The molecular weight excluding hydrogens is 196 g/mol. The first-order valence-corrected chi connectivity index (χ1v) is 6.26. The van der Waals surface area contributed by atoms with E-state index in [9.17, 15) is 0 Å². The Balaban J connectivity index is 1.48. The molecule has 1 aromatic carbocycles. The minimum Gasteiger partial charge on any atom is -0.330 e. The Labute approximate surface area is 97.4 Å². The van der Waals surface area contributed by atoms with Crippen molar-refractivity contribution in [3.8, 4) is 0 Å². The van der Waals surface area contributed by atoms with Gasteiger partial charge in [0.1, 0.15) is 0 Å². The van der Waals surface area contributed by atoms with Gasteiger partial charge in [0.15, 0.2) is 0 Å². The summed E-state index contributed by atoms with van der Waals surface area (Å²) in [4.78, 5) is 2.56. The number of hydrogen-bond acceptors (Lipinski definition) is 2. The Kier molecular flexibility index (Phi) is 2.49. The van der Waals surface area contributed by atoms with E-state index >= 15 is 0 Å². The molecule has 0 unspecified atom stereocenters. The summed E-state index contributed by atoms with van der Waals surface area (Å²) in [6.07, 6.45) is 2.74. The fraction of sp³-hybridized carbons (Fsp3) is 0.571. The highest BCUT2D eigenvalue weighted by atomic mass is 15.2. The maximum absolute atomic E-state index is 5.68. The van der Waals surface area contributed by atoms with Gasteiger partial charge in [-0.05, 0) is 36.3 Å². The fourth-order valence-electron chi connectivity index (χ4n) is 3.45. The lowest BCUT2D eigenvalue weighted by Crippen LogP contribution is -2.62. The van der Waals surface area contributed by atoms with Crippen molar-refractivity contribution in [2.24, 2.45) is 17.1 Å². The Bertz CT molecular complexity index is 346. The van der Waals surface area contributed by atoms with Crippen LogP contribution in [0.5, 0.6) is 0 Å². The molecule has 1 saturated carbocycles. The van der Waals surface area contributed by atoms with Crippen molar-refractivity contribution >= 4 is 0 Å². The zero-order valence-electron chi connectivity index (χ0n) is 9.73. The molecule has 2 nitrogen and oxygen atoms in total. The molecule has 0 bridgehead atoms. The number of benzene rings is 1. The molecule has 3 rings (SSSR count). The second-order valence-electron chi connectivity index (χ2n) is 5.64. The predicted octanol–water partition coefficient (Wildman–Crippen LogP) is 1.86. The van der Waals surface area contributed by atoms with E-state index in [1.54, 1.807) is 0 Å². The summed E-state index contributed by atoms with van der Waals surface area (Å²) < 4.78 is 0. The van der Waals surface area contributed by atoms with Crippen LogP contribution in [0.3, 0.4) is 0 Å². The zero-order chi connectivity index (χ0) is 11.0. The standard InChI is InChI=1S/C14H20N2/c15-8-13-6-14(7-13)10-16(11-14)9-12-4-2-1-3-5-12/h1-5,13H,6-11,15H2. The van der Waals surface area contributed by atoms with Crippen molar-refractivity contribution < 1.29 is 0 Å². The summed E-state index contributed by atoms with van der Waals surface area (Å²) in [5.74, 6) is 0.818. The van der Waals surface area contributed by atoms with Crippen molar-refractivity contribution in [3.05, 3.63) is 35.9 Å². The molecule has 1 aliphatic heterocycles. The molecule has 0 aromatic heterocycles. The average molecular weight is 216 g/mol. The highest BCUT2D eigenvalue weighted by Gasteiger charge is 2.51. The second kappa shape index (κ2) is 3.86. The van der Waals surface area contributed by atoms with Crippen LogP contribution in [0.15, 0.2) is 30.3 Å². The summed E-state index contributed by atoms with van der Waals surface area (Å²) in [5, 5.41) is 0. The van der Waals surface area contributed by atoms with E-state index < -0.39 is 0 Å². The van der Waals surface area contributed by atoms with Gasteiger partial charge in [0.25, 0.3) is 0 Å². The van der Waals surface area contributed by atoms with E-state index in [2.05, 4.69) is 35.2 Å². The maximum atomic E-state index is 5.68. The van der Waals surface area contributed by atoms with Crippen LogP contribution in [0.4, 0.5) is 0 Å². The molecule has 1 aromatic rings. The van der Waals surface area contributed by atoms with Gasteiger partial charge < -0.3 is 5.73 Å². The monoisotopic (exact) mass is 216 g/mol. The predicted molar refractivity (Wildman–Crippen MR) is 65.9 cm³/mol. The summed E-state index contributed by atoms with van der Waals surface area (Å²) in [7, 11) is 0. The lowest BCUT2D eigenvalue weighted by atomic mass is 9.58. The molecule has 0 radical (unpaired) electrons. The molecule has 0 atom stereocenters. The van der Waals surface area contributed by atoms with Gasteiger partial charge >= 0.3 is 0 Å². The van der Waals surface area contributed by atoms with Crippen LogP contribution in [0.2, 0.25) is 0 Å². The molecule has 2 heteroatoms. The number of hydrogen-bond donors (Lipinski definition) is 1. The third kappa shape index (κ3) is 1.76. The number of rotatable bonds is 3. The molecule has 2 aliphatic rings. The lowest BCUT2D eigenvalue weighted by molar-refractivity contribution is -0.0954. The van der Waals surface area contributed by atoms with Crippen LogP contribution in [0.1, 0.15) is 18.4 Å². The zero-order valence-corrected chi connectivity index (χ0v) is 9.73. The van der Waals surface area contributed by atoms with Crippen LogP contribution in [0.25, 0.3) is 0 Å². The summed E-state index contributed by atoms with van der Waals surface area (Å²) in [6.45, 7) is 4.59. The smallest absolute Gasteiger partial charge is 0.0234 e. The topological polar surface area (TPSA) is 29.3 Å². The van der Waals surface area contributed by atoms with Crippen LogP contribution < -0.4 is 5.73 Å². The molecule has 86 valence electrons. The van der Waals surface area contributed by atoms with Crippen molar-refractivity contribution in [1.29, 1.82) is 0 Å². The summed E-state index contributed by atoms with van der Waals surface area (Å²) in [6, 6.07) is 10.8. The van der Waals surface area contributed by atoms with Gasteiger partial charge in [-0.2, -0.15) is 0 Å². The lowest BCUT2D eigenvalue weighted by Gasteiger charge is -2.59. The fourth-order valence-corrected chi connectivity index (χ4v) is 3.45. The summed E-state index contributed by atoms with van der Waals surface area (Å²) >= 11 is 0. The summed E-state index contributed by atoms with van der Waals surface area (Å²) in [5.41, 5.74) is 7.78. The first-order valence-electron chi connectivity index (χ1n) is 6.26. The third-order valence-electron chi connectivity index (χ3n) is 4.14. The maximum Gasteiger partial charge on any atom is 0.0234 e. The van der Waals surface area contributed by atoms with Crippen LogP contribution >= 0.6 is 0 Å². The SMILES string of the molecule is NCC1CC2(C1)CN(Cc1ccccc1)C2. The average Bonchev–Trinajstić information content (AvgIpc) is 2.21. The second-order valence-corrected chi connectivity index (χ2v) is 5.64. The molecule has 1 spiro atoms. The number of nitrogens with zero attached hydrogens (tertiary/aromatic N) is 1. The largest absolute Gasteiger partial charge is 0.330 e. The van der Waals surface area contributed by atoms with Crippen molar-refractivity contribution in [2.45, 2.75) is 19.4 Å². The van der Waals surface area contributed by atoms with Crippen molar-refractivity contribution in [1.82, 2.24) is 4.90 Å². The van der Waals surface area contributed by atoms with E-state index in [4.69, 9.17) is 5.73 Å². The van der Waals surface area contributed by atoms with E-state index in [0.29, 0.717) is 5.41 Å². The van der Waals surface area contributed by atoms with Crippen molar-refractivity contribution in [2.75, 3.05) is 19.6 Å². The van der Waals surface area contributed by atoms with E-state index in [-0.39, 0.29) is 0 Å². The molecular formula is C14H20N2. The first kappa shape index (κ1) is 10.3. The van der Waals surface area contributed by atoms with Crippen LogP contribution in [-0.2, 0) is 6.54 Å². The van der Waals surface area contributed by atoms with E-state index in [1.165, 1.54) is 31.5 Å². The van der Waals surface area contributed by atoms with Gasteiger partial charge in [-0.15, -0.1) is 0 Å². The Morgan fingerprint density at radius 2 is 1.88 bits per heavy atom.